The third kappa shape index (κ3) is 1.95. The average Bonchev–Trinajstić information content (AvgIpc) is 2.37. The van der Waals surface area contributed by atoms with Gasteiger partial charge >= 0.3 is 5.97 Å². The summed E-state index contributed by atoms with van der Waals surface area (Å²) in [7, 11) is 3.53. The number of nitrogens with zero attached hydrogens (tertiary/aromatic N) is 1. The summed E-state index contributed by atoms with van der Waals surface area (Å²) in [6.07, 6.45) is 1.70. The molecule has 0 radical (unpaired) electrons. The van der Waals surface area contributed by atoms with Crippen LogP contribution in [0.25, 0.3) is 0 Å². The molecule has 0 spiro atoms. The fourth-order valence-corrected chi connectivity index (χ4v) is 1.56. The molecule has 4 nitrogen and oxygen atoms in total. The lowest BCUT2D eigenvalue weighted by molar-refractivity contribution is -0.146. The lowest BCUT2D eigenvalue weighted by Crippen LogP contribution is -2.44. The van der Waals surface area contributed by atoms with Crippen LogP contribution in [0.3, 0.4) is 0 Å². The molecule has 70 valence electrons. The lowest BCUT2D eigenvalue weighted by Gasteiger charge is -2.24. The van der Waals surface area contributed by atoms with Gasteiger partial charge in [-0.1, -0.05) is 0 Å². The first kappa shape index (κ1) is 9.48. The van der Waals surface area contributed by atoms with Gasteiger partial charge in [0, 0.05) is 6.61 Å². The number of carbonyl (C=O) groups is 1. The highest BCUT2D eigenvalue weighted by molar-refractivity contribution is 5.74. The molecule has 1 fully saturated rings. The third-order valence-electron chi connectivity index (χ3n) is 2.13. The van der Waals surface area contributed by atoms with Crippen LogP contribution in [0.1, 0.15) is 12.8 Å². The highest BCUT2D eigenvalue weighted by atomic mass is 16.5. The summed E-state index contributed by atoms with van der Waals surface area (Å²) in [4.78, 5) is 12.5. The molecule has 2 atom stereocenters. The van der Waals surface area contributed by atoms with Crippen LogP contribution in [0.15, 0.2) is 0 Å². The summed E-state index contributed by atoms with van der Waals surface area (Å²) in [5.74, 6) is -0.799. The first-order chi connectivity index (χ1) is 5.63. The SMILES string of the molecule is CN(C)C(C(=O)O)C1CCCO1. The normalized spacial score (nSPS) is 26.1. The van der Waals surface area contributed by atoms with Crippen molar-refractivity contribution in [2.24, 2.45) is 0 Å². The maximum absolute atomic E-state index is 10.8. The molecular weight excluding hydrogens is 158 g/mol. The van der Waals surface area contributed by atoms with Crippen molar-refractivity contribution in [2.45, 2.75) is 25.0 Å². The van der Waals surface area contributed by atoms with Crippen molar-refractivity contribution < 1.29 is 14.6 Å². The van der Waals surface area contributed by atoms with E-state index in [4.69, 9.17) is 9.84 Å². The van der Waals surface area contributed by atoms with Gasteiger partial charge in [-0.2, -0.15) is 0 Å². The van der Waals surface area contributed by atoms with Gasteiger partial charge in [0.2, 0.25) is 0 Å². The zero-order valence-corrected chi connectivity index (χ0v) is 7.49. The molecule has 0 aromatic rings. The first-order valence-electron chi connectivity index (χ1n) is 4.13. The van der Waals surface area contributed by atoms with E-state index in [0.29, 0.717) is 6.61 Å². The maximum atomic E-state index is 10.8. The molecule has 1 heterocycles. The van der Waals surface area contributed by atoms with E-state index in [0.717, 1.165) is 12.8 Å². The van der Waals surface area contributed by atoms with E-state index < -0.39 is 12.0 Å². The van der Waals surface area contributed by atoms with E-state index in [1.807, 2.05) is 0 Å². The first-order valence-corrected chi connectivity index (χ1v) is 4.13. The fourth-order valence-electron chi connectivity index (χ4n) is 1.56. The lowest BCUT2D eigenvalue weighted by atomic mass is 10.1. The molecule has 0 aliphatic carbocycles. The van der Waals surface area contributed by atoms with Crippen molar-refractivity contribution in [3.8, 4) is 0 Å². The molecule has 0 amide bonds. The van der Waals surface area contributed by atoms with Gasteiger partial charge in [-0.3, -0.25) is 9.69 Å². The van der Waals surface area contributed by atoms with E-state index in [1.165, 1.54) is 0 Å². The standard InChI is InChI=1S/C8H15NO3/c1-9(2)7(8(10)11)6-4-3-5-12-6/h6-7H,3-5H2,1-2H3,(H,10,11). The Morgan fingerprint density at radius 3 is 2.67 bits per heavy atom. The fraction of sp³-hybridized carbons (Fsp3) is 0.875. The van der Waals surface area contributed by atoms with Crippen LogP contribution in [0.2, 0.25) is 0 Å². The third-order valence-corrected chi connectivity index (χ3v) is 2.13. The van der Waals surface area contributed by atoms with Crippen LogP contribution < -0.4 is 0 Å². The van der Waals surface area contributed by atoms with Gasteiger partial charge in [0.25, 0.3) is 0 Å². The molecule has 0 bridgehead atoms. The summed E-state index contributed by atoms with van der Waals surface area (Å²) >= 11 is 0. The van der Waals surface area contributed by atoms with Gasteiger partial charge < -0.3 is 9.84 Å². The number of likely N-dealkylation sites (N-methyl/N-ethyl adjacent to an activating group) is 1. The second kappa shape index (κ2) is 3.87. The predicted molar refractivity (Wildman–Crippen MR) is 44.1 cm³/mol. The molecule has 1 rings (SSSR count). The van der Waals surface area contributed by atoms with Crippen LogP contribution in [0.5, 0.6) is 0 Å². The number of hydrogen-bond acceptors (Lipinski definition) is 3. The zero-order valence-electron chi connectivity index (χ0n) is 7.49. The van der Waals surface area contributed by atoms with E-state index in [1.54, 1.807) is 19.0 Å². The minimum Gasteiger partial charge on any atom is -0.480 e. The average molecular weight is 173 g/mol. The summed E-state index contributed by atoms with van der Waals surface area (Å²) < 4.78 is 5.32. The monoisotopic (exact) mass is 173 g/mol. The Morgan fingerprint density at radius 1 is 1.67 bits per heavy atom. The van der Waals surface area contributed by atoms with Crippen LogP contribution in [0, 0.1) is 0 Å². The van der Waals surface area contributed by atoms with E-state index in [2.05, 4.69) is 0 Å². The Labute approximate surface area is 72.1 Å². The Morgan fingerprint density at radius 2 is 2.33 bits per heavy atom. The van der Waals surface area contributed by atoms with Crippen molar-refractivity contribution in [2.75, 3.05) is 20.7 Å². The number of ether oxygens (including phenoxy) is 1. The predicted octanol–water partition coefficient (Wildman–Crippen LogP) is 0.180. The summed E-state index contributed by atoms with van der Waals surface area (Å²) in [5.41, 5.74) is 0. The largest absolute Gasteiger partial charge is 0.480 e. The quantitative estimate of drug-likeness (QED) is 0.661. The second-order valence-electron chi connectivity index (χ2n) is 3.30. The number of aliphatic carboxylic acids is 1. The van der Waals surface area contributed by atoms with Gasteiger partial charge in [-0.15, -0.1) is 0 Å². The number of carboxylic acid groups (broad SMARTS) is 1. The molecular formula is C8H15NO3. The van der Waals surface area contributed by atoms with E-state index >= 15 is 0 Å². The van der Waals surface area contributed by atoms with E-state index in [9.17, 15) is 4.79 Å². The van der Waals surface area contributed by atoms with Crippen molar-refractivity contribution in [1.29, 1.82) is 0 Å². The smallest absolute Gasteiger partial charge is 0.323 e. The molecule has 0 aromatic heterocycles. The molecule has 12 heavy (non-hydrogen) atoms. The van der Waals surface area contributed by atoms with E-state index in [-0.39, 0.29) is 6.10 Å². The molecule has 0 aromatic carbocycles. The molecule has 1 N–H and O–H groups in total. The minimum absolute atomic E-state index is 0.127. The van der Waals surface area contributed by atoms with Crippen molar-refractivity contribution in [1.82, 2.24) is 4.90 Å². The van der Waals surface area contributed by atoms with Crippen molar-refractivity contribution >= 4 is 5.97 Å². The Hall–Kier alpha value is -0.610. The topological polar surface area (TPSA) is 49.8 Å². The van der Waals surface area contributed by atoms with Gasteiger partial charge in [-0.05, 0) is 26.9 Å². The maximum Gasteiger partial charge on any atom is 0.323 e. The Balaban J connectivity index is 2.58. The Kier molecular flexibility index (Phi) is 3.05. The minimum atomic E-state index is -0.799. The van der Waals surface area contributed by atoms with Gasteiger partial charge in [0.1, 0.15) is 6.04 Å². The van der Waals surface area contributed by atoms with Crippen molar-refractivity contribution in [3.63, 3.8) is 0 Å². The second-order valence-corrected chi connectivity index (χ2v) is 3.30. The highest BCUT2D eigenvalue weighted by Gasteiger charge is 2.32. The highest BCUT2D eigenvalue weighted by Crippen LogP contribution is 2.18. The molecule has 1 aliphatic heterocycles. The number of hydrogen-bond donors (Lipinski definition) is 1. The van der Waals surface area contributed by atoms with Crippen LogP contribution in [-0.4, -0.2) is 48.8 Å². The van der Waals surface area contributed by atoms with Crippen LogP contribution in [0.4, 0.5) is 0 Å². The molecule has 4 heteroatoms. The summed E-state index contributed by atoms with van der Waals surface area (Å²) in [6, 6.07) is -0.493. The van der Waals surface area contributed by atoms with Gasteiger partial charge in [-0.25, -0.2) is 0 Å². The molecule has 0 saturated carbocycles. The number of carboxylic acids is 1. The molecule has 1 aliphatic rings. The Bertz CT molecular complexity index is 164. The van der Waals surface area contributed by atoms with Gasteiger partial charge in [0.15, 0.2) is 0 Å². The van der Waals surface area contributed by atoms with Crippen molar-refractivity contribution in [3.05, 3.63) is 0 Å². The van der Waals surface area contributed by atoms with Crippen LogP contribution in [-0.2, 0) is 9.53 Å². The van der Waals surface area contributed by atoms with Gasteiger partial charge in [0.05, 0.1) is 6.10 Å². The molecule has 1 saturated heterocycles. The summed E-state index contributed by atoms with van der Waals surface area (Å²) in [5, 5.41) is 8.88. The van der Waals surface area contributed by atoms with Crippen LogP contribution >= 0.6 is 0 Å². The number of rotatable bonds is 3. The summed E-state index contributed by atoms with van der Waals surface area (Å²) in [6.45, 7) is 0.697. The molecule has 2 unspecified atom stereocenters. The zero-order chi connectivity index (χ0) is 9.14.